The summed E-state index contributed by atoms with van der Waals surface area (Å²) in [6.07, 6.45) is 5.15. The molecule has 0 saturated heterocycles. The molecule has 0 fully saturated rings. The molecule has 14 rings (SSSR count). The van der Waals surface area contributed by atoms with Crippen LogP contribution >= 0.6 is 0 Å². The Morgan fingerprint density at radius 2 is 1.00 bits per heavy atom. The number of nitrogens with zero attached hydrogens (tertiary/aromatic N) is 4. The number of pyridine rings is 1. The molecule has 0 amide bonds. The summed E-state index contributed by atoms with van der Waals surface area (Å²) in [5.74, 6) is 1.34. The smallest absolute Gasteiger partial charge is 0.269 e. The Balaban J connectivity index is 1.16. The van der Waals surface area contributed by atoms with E-state index in [1.54, 1.807) is 41.1 Å². The molecular weight excluding hydrogens is 1040 g/mol. The van der Waals surface area contributed by atoms with Gasteiger partial charge in [-0.1, -0.05) is 223 Å². The van der Waals surface area contributed by atoms with Gasteiger partial charge < -0.3 is 4.74 Å². The summed E-state index contributed by atoms with van der Waals surface area (Å²) in [5.41, 5.74) is -7.31. The standard InChI is InChI=1S/C81H66N4O/c1-54-34-36-58(37-35-54)62-43-61(57-26-15-10-16-27-57)46-64(47-62)71-30-21-29-70(63-44-59(55-22-11-8-12-23-55)42-60(45-63)56-24-13-9-14-25-56)79(71)84-53-83(75-32-19-20-33-76(75)84)67-48-66(81(5,6)7)49-69(51-67)86-68-38-39-73-72-28-17-18-31-74(72)85(77(73)52-68)78-50-65(40-41-82-78)80(2,3)4/h8-52H,1-7H3/i8D,9D,10D,11D,12D,13D,14D,15D,16D,21D,22D,23D,24D,25D,26D,27D,29D,30D,34D,35D,36D,37D,42D,43D,44D,46D,47D. The van der Waals surface area contributed by atoms with E-state index in [-0.39, 0.29) is 27.8 Å². The maximum absolute atomic E-state index is 10.6. The molecule has 0 N–H and O–H groups in total. The minimum absolute atomic E-state index is 0.0530. The highest BCUT2D eigenvalue weighted by molar-refractivity contribution is 6.09. The number of aromatic nitrogens is 4. The summed E-state index contributed by atoms with van der Waals surface area (Å²) in [5, 5.41) is 1.86. The van der Waals surface area contributed by atoms with E-state index in [9.17, 15) is 21.9 Å². The predicted molar refractivity (Wildman–Crippen MR) is 357 cm³/mol. The fourth-order valence-corrected chi connectivity index (χ4v) is 10.4. The molecule has 0 unspecified atom stereocenters. The summed E-state index contributed by atoms with van der Waals surface area (Å²) in [6, 6.07) is 4.86. The fourth-order valence-electron chi connectivity index (χ4n) is 10.4. The Bertz CT molecular complexity index is 6340. The molecule has 0 atom stereocenters. The summed E-state index contributed by atoms with van der Waals surface area (Å²) < 4.78 is 267. The van der Waals surface area contributed by atoms with E-state index in [2.05, 4.69) is 37.7 Å². The summed E-state index contributed by atoms with van der Waals surface area (Å²) in [4.78, 5) is 4.86. The number of hydrogen-bond acceptors (Lipinski definition) is 2. The molecule has 86 heavy (non-hydrogen) atoms. The van der Waals surface area contributed by atoms with Crippen LogP contribution in [-0.4, -0.2) is 14.1 Å². The van der Waals surface area contributed by atoms with E-state index in [0.29, 0.717) is 22.8 Å². The molecule has 416 valence electrons. The average Bonchev–Trinajstić information content (AvgIpc) is 1.68. The van der Waals surface area contributed by atoms with Crippen LogP contribution in [0.25, 0.3) is 117 Å². The van der Waals surface area contributed by atoms with Crippen LogP contribution in [0.5, 0.6) is 11.5 Å². The number of imidazole rings is 1. The molecular formula is C81H66N4O. The summed E-state index contributed by atoms with van der Waals surface area (Å²) in [6.45, 7) is 13.5. The van der Waals surface area contributed by atoms with Gasteiger partial charge in [-0.2, -0.15) is 0 Å². The van der Waals surface area contributed by atoms with E-state index in [1.807, 2.05) is 81.4 Å². The molecule has 5 heteroatoms. The zero-order valence-electron chi connectivity index (χ0n) is 74.6. The van der Waals surface area contributed by atoms with Crippen LogP contribution in [0.4, 0.5) is 0 Å². The third kappa shape index (κ3) is 10.3. The largest absolute Gasteiger partial charge is 0.458 e. The number of rotatable bonds is 11. The van der Waals surface area contributed by atoms with E-state index in [4.69, 9.17) is 24.8 Å². The first-order valence-electron chi connectivity index (χ1n) is 41.1. The first-order chi connectivity index (χ1) is 53.0. The van der Waals surface area contributed by atoms with E-state index in [1.165, 1.54) is 11.5 Å². The highest BCUT2D eigenvalue weighted by atomic mass is 16.5. The van der Waals surface area contributed by atoms with Gasteiger partial charge in [0, 0.05) is 23.0 Å². The third-order valence-corrected chi connectivity index (χ3v) is 14.7. The van der Waals surface area contributed by atoms with Gasteiger partial charge in [0.05, 0.1) is 70.5 Å². The second kappa shape index (κ2) is 21.7. The normalized spacial score (nSPS) is 16.3. The van der Waals surface area contributed by atoms with E-state index in [0.717, 1.165) is 33.4 Å². The van der Waals surface area contributed by atoms with Crippen molar-refractivity contribution in [3.8, 4) is 95.5 Å². The van der Waals surface area contributed by atoms with Gasteiger partial charge in [-0.3, -0.25) is 13.7 Å². The number of hydrogen-bond donors (Lipinski definition) is 0. The van der Waals surface area contributed by atoms with Crippen molar-refractivity contribution in [3.63, 3.8) is 0 Å². The molecule has 0 aliphatic carbocycles. The van der Waals surface area contributed by atoms with Crippen molar-refractivity contribution in [1.82, 2.24) is 14.1 Å². The van der Waals surface area contributed by atoms with Gasteiger partial charge in [0.1, 0.15) is 17.3 Å². The molecule has 0 spiro atoms. The summed E-state index contributed by atoms with van der Waals surface area (Å²) in [7, 11) is 0. The van der Waals surface area contributed by atoms with Crippen molar-refractivity contribution in [2.24, 2.45) is 0 Å². The molecule has 11 aromatic carbocycles. The zero-order valence-corrected chi connectivity index (χ0v) is 47.6. The van der Waals surface area contributed by atoms with Crippen LogP contribution < -0.4 is 9.30 Å². The van der Waals surface area contributed by atoms with Gasteiger partial charge in [-0.05, 0) is 180 Å². The topological polar surface area (TPSA) is 35.9 Å². The second-order valence-electron chi connectivity index (χ2n) is 22.6. The van der Waals surface area contributed by atoms with Crippen molar-refractivity contribution in [2.45, 2.75) is 59.3 Å². The highest BCUT2D eigenvalue weighted by Crippen LogP contribution is 2.43. The van der Waals surface area contributed by atoms with Crippen LogP contribution in [0.2, 0.25) is 0 Å². The van der Waals surface area contributed by atoms with Gasteiger partial charge in [-0.25, -0.2) is 4.98 Å². The van der Waals surface area contributed by atoms with Gasteiger partial charge in [0.2, 0.25) is 0 Å². The monoisotopic (exact) mass is 1140 g/mol. The molecule has 0 radical (unpaired) electrons. The van der Waals surface area contributed by atoms with Crippen molar-refractivity contribution < 1.29 is 46.3 Å². The number of ether oxygens (including phenoxy) is 1. The fraction of sp³-hybridized carbons (Fsp3) is 0.111. The SMILES string of the molecule is [2H]c1c([2H])c([2H])c(-c2cc(-c3c([2H])c([2H])c([2H])c(-c4c([2H])c(-c5c([2H])c([2H])c([2H])c([2H])c5[2H])c([2H])c(-c5c([2H])c([2H])c(C)c([2H])c5[2H])c4[2H])c3-[n+]3[c-]n(-c4cc(Oc5ccc6c7ccccc7n(-c7cc(C(C)(C)C)ccn7)c6c5)cc(C(C)(C)C)c4)c4ccccc43)c([2H])c(-c3c([2H])c([2H])c([2H])c([2H])c3[2H])c2[2H])c([2H])c1[2H]. The number of para-hydroxylation sites is 4. The van der Waals surface area contributed by atoms with Crippen molar-refractivity contribution in [1.29, 1.82) is 0 Å². The lowest BCUT2D eigenvalue weighted by Crippen LogP contribution is -2.31. The van der Waals surface area contributed by atoms with Crippen LogP contribution in [0.1, 0.15) is 95.2 Å². The van der Waals surface area contributed by atoms with Crippen molar-refractivity contribution in [2.75, 3.05) is 0 Å². The molecule has 14 aromatic rings. The molecule has 0 saturated carbocycles. The lowest BCUT2D eigenvalue weighted by atomic mass is 9.86. The van der Waals surface area contributed by atoms with Crippen molar-refractivity contribution in [3.05, 3.63) is 295 Å². The Labute approximate surface area is 542 Å². The molecule has 0 aliphatic heterocycles. The predicted octanol–water partition coefficient (Wildman–Crippen LogP) is 20.9. The van der Waals surface area contributed by atoms with Gasteiger partial charge in [0.15, 0.2) is 0 Å². The molecule has 5 nitrogen and oxygen atoms in total. The second-order valence-corrected chi connectivity index (χ2v) is 22.6. The average molecular weight is 1140 g/mol. The lowest BCUT2D eigenvalue weighted by Gasteiger charge is -2.22. The minimum Gasteiger partial charge on any atom is -0.458 e. The number of fused-ring (bicyclic) bond motifs is 4. The van der Waals surface area contributed by atoms with Gasteiger partial charge in [0.25, 0.3) is 6.33 Å². The third-order valence-electron chi connectivity index (χ3n) is 14.7. The quantitative estimate of drug-likeness (QED) is 0.0956. The Hall–Kier alpha value is -10.4. The lowest BCUT2D eigenvalue weighted by molar-refractivity contribution is -0.571. The molecule has 0 bridgehead atoms. The van der Waals surface area contributed by atoms with Gasteiger partial charge >= 0.3 is 0 Å². The zero-order chi connectivity index (χ0) is 82.2. The van der Waals surface area contributed by atoms with Crippen LogP contribution in [0.15, 0.2) is 272 Å². The van der Waals surface area contributed by atoms with Crippen molar-refractivity contribution >= 4 is 32.8 Å². The Morgan fingerprint density at radius 3 is 1.66 bits per heavy atom. The van der Waals surface area contributed by atoms with Crippen LogP contribution in [0.3, 0.4) is 0 Å². The van der Waals surface area contributed by atoms with E-state index < -0.39 is 241 Å². The highest BCUT2D eigenvalue weighted by Gasteiger charge is 2.25. The Morgan fingerprint density at radius 1 is 0.442 bits per heavy atom. The maximum Gasteiger partial charge on any atom is 0.269 e. The Kier molecular flexibility index (Phi) is 7.94. The van der Waals surface area contributed by atoms with Gasteiger partial charge in [-0.15, -0.1) is 0 Å². The summed E-state index contributed by atoms with van der Waals surface area (Å²) >= 11 is 0. The molecule has 3 heterocycles. The molecule has 3 aromatic heterocycles. The van der Waals surface area contributed by atoms with Crippen LogP contribution in [-0.2, 0) is 10.8 Å². The minimum atomic E-state index is -1.10. The number of benzene rings is 11. The van der Waals surface area contributed by atoms with E-state index >= 15 is 0 Å². The first-order valence-corrected chi connectivity index (χ1v) is 27.6. The van der Waals surface area contributed by atoms with Crippen LogP contribution in [0, 0.1) is 13.3 Å². The first kappa shape index (κ1) is 31.5. The molecule has 0 aliphatic rings. The maximum atomic E-state index is 10.6.